The predicted octanol–water partition coefficient (Wildman–Crippen LogP) is 13.0. The highest BCUT2D eigenvalue weighted by Gasteiger charge is 2.25. The maximum absolute atomic E-state index is 5.70. The van der Waals surface area contributed by atoms with Gasteiger partial charge in [-0.25, -0.2) is 9.97 Å². The first kappa shape index (κ1) is 28.8. The molecule has 4 heterocycles. The van der Waals surface area contributed by atoms with Gasteiger partial charge in [0.15, 0.2) is 5.82 Å². The Morgan fingerprint density at radius 3 is 1.96 bits per heavy atom. The number of aromatic nitrogens is 4. The Balaban J connectivity index is 1.29. The van der Waals surface area contributed by atoms with Crippen LogP contribution in [0.3, 0.4) is 0 Å². The fourth-order valence-corrected chi connectivity index (χ4v) is 9.64. The van der Waals surface area contributed by atoms with Gasteiger partial charge >= 0.3 is 0 Å². The Labute approximate surface area is 307 Å². The topological polar surface area (TPSA) is 35.6 Å². The van der Waals surface area contributed by atoms with E-state index >= 15 is 0 Å². The zero-order chi connectivity index (χ0) is 34.6. The molecule has 0 bridgehead atoms. The van der Waals surface area contributed by atoms with Crippen molar-refractivity contribution in [2.24, 2.45) is 0 Å². The van der Waals surface area contributed by atoms with Crippen molar-refractivity contribution in [2.75, 3.05) is 0 Å². The smallest absolute Gasteiger partial charge is 0.165 e. The van der Waals surface area contributed by atoms with Crippen LogP contribution >= 0.6 is 11.3 Å². The largest absolute Gasteiger partial charge is 0.309 e. The van der Waals surface area contributed by atoms with E-state index in [-0.39, 0.29) is 0 Å². The molecule has 0 N–H and O–H groups in total. The molecule has 12 aromatic rings. The molecule has 0 atom stereocenters. The first-order valence-corrected chi connectivity index (χ1v) is 18.7. The highest BCUT2D eigenvalue weighted by Crippen LogP contribution is 2.45. The Morgan fingerprint density at radius 1 is 0.415 bits per heavy atom. The van der Waals surface area contributed by atoms with Crippen LogP contribution in [0.5, 0.6) is 0 Å². The molecule has 0 unspecified atom stereocenters. The third kappa shape index (κ3) is 4.05. The second-order valence-electron chi connectivity index (χ2n) is 13.8. The van der Waals surface area contributed by atoms with E-state index in [0.29, 0.717) is 0 Å². The van der Waals surface area contributed by atoms with E-state index in [9.17, 15) is 0 Å². The summed E-state index contributed by atoms with van der Waals surface area (Å²) in [6.45, 7) is 0. The summed E-state index contributed by atoms with van der Waals surface area (Å²) in [7, 11) is 0. The van der Waals surface area contributed by atoms with Gasteiger partial charge in [-0.2, -0.15) is 0 Å². The van der Waals surface area contributed by atoms with E-state index in [1.54, 1.807) is 11.3 Å². The Kier molecular flexibility index (Phi) is 5.90. The van der Waals surface area contributed by atoms with Gasteiger partial charge in [0.25, 0.3) is 0 Å². The average Bonchev–Trinajstić information content (AvgIpc) is 3.87. The zero-order valence-electron chi connectivity index (χ0n) is 28.4. The fraction of sp³-hybridized carbons (Fsp3) is 0. The Morgan fingerprint density at radius 2 is 1.09 bits per heavy atom. The predicted molar refractivity (Wildman–Crippen MR) is 224 cm³/mol. The summed E-state index contributed by atoms with van der Waals surface area (Å²) in [5.41, 5.74) is 8.51. The van der Waals surface area contributed by atoms with Gasteiger partial charge in [0.1, 0.15) is 16.0 Å². The minimum atomic E-state index is 0.829. The standard InChI is InChI=1S/C48H28N4S/c1-2-16-32(17-3-1)51-38-22-10-8-19-34(38)44-36(21-12-23-39(44)51)45-47(49-46-35-20-9-11-24-42(35)53-48(46)50-45)52-40-26-25-29-13-6-7-18-33(29)43(40)37-27-30-14-4-5-15-31(30)28-41(37)52/h1-28H. The minimum absolute atomic E-state index is 0.829. The van der Waals surface area contributed by atoms with Crippen LogP contribution in [0, 0.1) is 0 Å². The molecule has 4 aromatic heterocycles. The number of thiophene rings is 1. The molecular weight excluding hydrogens is 665 g/mol. The fourth-order valence-electron chi connectivity index (χ4n) is 8.62. The van der Waals surface area contributed by atoms with Gasteiger partial charge in [-0.3, -0.25) is 4.57 Å². The van der Waals surface area contributed by atoms with E-state index < -0.39 is 0 Å². The van der Waals surface area contributed by atoms with E-state index in [1.807, 2.05) is 0 Å². The van der Waals surface area contributed by atoms with Crippen LogP contribution in [-0.2, 0) is 0 Å². The summed E-state index contributed by atoms with van der Waals surface area (Å²) in [5, 5.41) is 10.8. The highest BCUT2D eigenvalue weighted by molar-refractivity contribution is 7.25. The molecule has 8 aromatic carbocycles. The third-order valence-electron chi connectivity index (χ3n) is 10.9. The lowest BCUT2D eigenvalue weighted by molar-refractivity contribution is 1.09. The van der Waals surface area contributed by atoms with Gasteiger partial charge in [-0.1, -0.05) is 121 Å². The van der Waals surface area contributed by atoms with Crippen molar-refractivity contribution in [2.45, 2.75) is 0 Å². The summed E-state index contributed by atoms with van der Waals surface area (Å²) in [4.78, 5) is 12.3. The molecule has 0 fully saturated rings. The molecule has 0 aliphatic carbocycles. The second-order valence-corrected chi connectivity index (χ2v) is 14.8. The molecule has 0 aliphatic heterocycles. The van der Waals surface area contributed by atoms with Crippen molar-refractivity contribution in [1.82, 2.24) is 19.1 Å². The molecule has 0 saturated carbocycles. The van der Waals surface area contributed by atoms with Crippen LogP contribution < -0.4 is 0 Å². The van der Waals surface area contributed by atoms with E-state index in [4.69, 9.17) is 9.97 Å². The number of para-hydroxylation sites is 2. The monoisotopic (exact) mass is 692 g/mol. The van der Waals surface area contributed by atoms with Gasteiger partial charge in [-0.15, -0.1) is 11.3 Å². The Bertz CT molecular complexity index is 3460. The van der Waals surface area contributed by atoms with Crippen molar-refractivity contribution in [3.63, 3.8) is 0 Å². The van der Waals surface area contributed by atoms with Gasteiger partial charge in [-0.05, 0) is 70.1 Å². The van der Waals surface area contributed by atoms with Gasteiger partial charge in [0, 0.05) is 42.9 Å². The molecule has 0 amide bonds. The summed E-state index contributed by atoms with van der Waals surface area (Å²) in [6.07, 6.45) is 0. The summed E-state index contributed by atoms with van der Waals surface area (Å²) in [6, 6.07) is 61.1. The molecule has 0 spiro atoms. The quantitative estimate of drug-likeness (QED) is 0.185. The number of nitrogens with zero attached hydrogens (tertiary/aromatic N) is 4. The second kappa shape index (κ2) is 10.8. The molecule has 5 heteroatoms. The normalized spacial score (nSPS) is 12.2. The summed E-state index contributed by atoms with van der Waals surface area (Å²) >= 11 is 1.71. The molecule has 0 radical (unpaired) electrons. The molecule has 53 heavy (non-hydrogen) atoms. The van der Waals surface area contributed by atoms with E-state index in [1.165, 1.54) is 47.8 Å². The van der Waals surface area contributed by atoms with Gasteiger partial charge in [0.05, 0.1) is 22.1 Å². The molecule has 246 valence electrons. The van der Waals surface area contributed by atoms with Crippen LogP contribution in [0.4, 0.5) is 0 Å². The van der Waals surface area contributed by atoms with Crippen LogP contribution in [0.1, 0.15) is 0 Å². The van der Waals surface area contributed by atoms with E-state index in [0.717, 1.165) is 60.6 Å². The van der Waals surface area contributed by atoms with Crippen LogP contribution in [0.25, 0.3) is 108 Å². The number of hydrogen-bond acceptors (Lipinski definition) is 3. The summed E-state index contributed by atoms with van der Waals surface area (Å²) < 4.78 is 5.94. The lowest BCUT2D eigenvalue weighted by Crippen LogP contribution is -2.03. The number of benzene rings is 8. The lowest BCUT2D eigenvalue weighted by Gasteiger charge is -2.14. The van der Waals surface area contributed by atoms with Crippen molar-refractivity contribution in [3.05, 3.63) is 170 Å². The van der Waals surface area contributed by atoms with E-state index in [2.05, 4.69) is 179 Å². The molecule has 0 saturated heterocycles. The lowest BCUT2D eigenvalue weighted by atomic mass is 10.0. The molecule has 0 aliphatic rings. The SMILES string of the molecule is c1ccc(-n2c3ccccc3c3c(-c4nc5sc6ccccc6c5nc4-n4c5cc6ccccc6cc5c5c6ccccc6ccc54)cccc32)cc1. The van der Waals surface area contributed by atoms with Crippen LogP contribution in [0.2, 0.25) is 0 Å². The molecular formula is C48H28N4S. The maximum Gasteiger partial charge on any atom is 0.165 e. The third-order valence-corrected chi connectivity index (χ3v) is 11.9. The number of hydrogen-bond donors (Lipinski definition) is 0. The van der Waals surface area contributed by atoms with Gasteiger partial charge in [0.2, 0.25) is 0 Å². The summed E-state index contributed by atoms with van der Waals surface area (Å²) in [5.74, 6) is 0.829. The number of fused-ring (bicyclic) bond motifs is 12. The zero-order valence-corrected chi connectivity index (χ0v) is 29.2. The maximum atomic E-state index is 5.70. The average molecular weight is 693 g/mol. The van der Waals surface area contributed by atoms with Crippen molar-refractivity contribution >= 4 is 96.9 Å². The van der Waals surface area contributed by atoms with Crippen LogP contribution in [0.15, 0.2) is 170 Å². The van der Waals surface area contributed by atoms with Crippen molar-refractivity contribution in [1.29, 1.82) is 0 Å². The first-order valence-electron chi connectivity index (χ1n) is 17.9. The van der Waals surface area contributed by atoms with Gasteiger partial charge < -0.3 is 4.57 Å². The first-order chi connectivity index (χ1) is 26.3. The van der Waals surface area contributed by atoms with Crippen LogP contribution in [-0.4, -0.2) is 19.1 Å². The van der Waals surface area contributed by atoms with Crippen molar-refractivity contribution in [3.8, 4) is 22.8 Å². The highest BCUT2D eigenvalue weighted by atomic mass is 32.1. The van der Waals surface area contributed by atoms with Crippen molar-refractivity contribution < 1.29 is 0 Å². The molecule has 12 rings (SSSR count). The minimum Gasteiger partial charge on any atom is -0.309 e. The molecule has 4 nitrogen and oxygen atoms in total. The number of rotatable bonds is 3. The Hall–Kier alpha value is -6.82.